The third kappa shape index (κ3) is 2.39. The van der Waals surface area contributed by atoms with Crippen LogP contribution in [-0.4, -0.2) is 18.2 Å². The Morgan fingerprint density at radius 3 is 2.35 bits per heavy atom. The lowest BCUT2D eigenvalue weighted by molar-refractivity contribution is -0.138. The van der Waals surface area contributed by atoms with E-state index in [0.29, 0.717) is 17.5 Å². The van der Waals surface area contributed by atoms with Gasteiger partial charge in [-0.05, 0) is 42.4 Å². The van der Waals surface area contributed by atoms with Gasteiger partial charge < -0.3 is 10.0 Å². The minimum atomic E-state index is -4.41. The Labute approximate surface area is 116 Å². The van der Waals surface area contributed by atoms with Gasteiger partial charge in [0, 0.05) is 18.8 Å². The van der Waals surface area contributed by atoms with E-state index in [2.05, 4.69) is 4.90 Å². The van der Waals surface area contributed by atoms with E-state index in [-0.39, 0.29) is 5.56 Å². The Kier molecular flexibility index (Phi) is 3.40. The van der Waals surface area contributed by atoms with Crippen molar-refractivity contribution in [3.63, 3.8) is 0 Å². The van der Waals surface area contributed by atoms with E-state index in [0.717, 1.165) is 13.1 Å². The highest BCUT2D eigenvalue weighted by Crippen LogP contribution is 2.41. The summed E-state index contributed by atoms with van der Waals surface area (Å²) in [5, 5.41) is 9.06. The molecule has 2 aliphatic rings. The summed E-state index contributed by atoms with van der Waals surface area (Å²) in [6.45, 7) is 1.14. The predicted molar refractivity (Wildman–Crippen MR) is 70.4 cm³/mol. The molecule has 2 nitrogen and oxygen atoms in total. The Hall–Kier alpha value is -1.23. The average molecular weight is 285 g/mol. The molecule has 1 saturated heterocycles. The van der Waals surface area contributed by atoms with Gasteiger partial charge in [-0.1, -0.05) is 12.5 Å². The number of halogens is 3. The second-order valence-electron chi connectivity index (χ2n) is 5.85. The maximum Gasteiger partial charge on any atom is 0.416 e. The van der Waals surface area contributed by atoms with Gasteiger partial charge in [0.05, 0.1) is 12.2 Å². The van der Waals surface area contributed by atoms with Crippen LogP contribution in [0.2, 0.25) is 0 Å². The van der Waals surface area contributed by atoms with E-state index in [4.69, 9.17) is 5.11 Å². The number of alkyl halides is 3. The van der Waals surface area contributed by atoms with Gasteiger partial charge in [0.2, 0.25) is 0 Å². The van der Waals surface area contributed by atoms with Gasteiger partial charge >= 0.3 is 6.18 Å². The van der Waals surface area contributed by atoms with Gasteiger partial charge in [-0.2, -0.15) is 13.2 Å². The largest absolute Gasteiger partial charge is 0.416 e. The Morgan fingerprint density at radius 1 is 1.15 bits per heavy atom. The highest BCUT2D eigenvalue weighted by Gasteiger charge is 2.38. The number of aliphatic hydroxyl groups is 1. The lowest BCUT2D eigenvalue weighted by atomic mass is 10.0. The molecule has 0 radical (unpaired) electrons. The van der Waals surface area contributed by atoms with E-state index >= 15 is 0 Å². The molecule has 1 heterocycles. The van der Waals surface area contributed by atoms with Crippen LogP contribution in [0.1, 0.15) is 30.4 Å². The molecular formula is C15H18F3NO. The lowest BCUT2D eigenvalue weighted by Gasteiger charge is -2.22. The maximum atomic E-state index is 13.0. The summed E-state index contributed by atoms with van der Waals surface area (Å²) in [6, 6.07) is 4.28. The number of fused-ring (bicyclic) bond motifs is 1. The minimum absolute atomic E-state index is 0.0550. The first-order valence-electron chi connectivity index (χ1n) is 7.05. The van der Waals surface area contributed by atoms with E-state index in [1.807, 2.05) is 0 Å². The van der Waals surface area contributed by atoms with Crippen molar-refractivity contribution in [2.24, 2.45) is 11.8 Å². The molecule has 2 unspecified atom stereocenters. The van der Waals surface area contributed by atoms with Gasteiger partial charge in [0.15, 0.2) is 0 Å². The van der Waals surface area contributed by atoms with Crippen molar-refractivity contribution >= 4 is 5.69 Å². The molecule has 1 aliphatic carbocycles. The molecule has 5 heteroatoms. The van der Waals surface area contributed by atoms with E-state index < -0.39 is 18.3 Å². The number of hydrogen-bond donors (Lipinski definition) is 1. The molecule has 0 bridgehead atoms. The van der Waals surface area contributed by atoms with Crippen molar-refractivity contribution in [3.8, 4) is 0 Å². The molecule has 1 aliphatic heterocycles. The topological polar surface area (TPSA) is 23.5 Å². The van der Waals surface area contributed by atoms with Crippen molar-refractivity contribution in [3.05, 3.63) is 29.3 Å². The molecule has 0 spiro atoms. The van der Waals surface area contributed by atoms with E-state index in [9.17, 15) is 13.2 Å². The highest BCUT2D eigenvalue weighted by atomic mass is 19.4. The summed E-state index contributed by atoms with van der Waals surface area (Å²) >= 11 is 0. The molecule has 1 saturated carbocycles. The van der Waals surface area contributed by atoms with Gasteiger partial charge in [-0.3, -0.25) is 0 Å². The van der Waals surface area contributed by atoms with Crippen LogP contribution in [0.15, 0.2) is 18.2 Å². The zero-order chi connectivity index (χ0) is 14.3. The van der Waals surface area contributed by atoms with Gasteiger partial charge in [0.1, 0.15) is 0 Å². The summed E-state index contributed by atoms with van der Waals surface area (Å²) in [5.74, 6) is 1.28. The van der Waals surface area contributed by atoms with Crippen LogP contribution in [0.25, 0.3) is 0 Å². The molecular weight excluding hydrogens is 267 g/mol. The van der Waals surface area contributed by atoms with Crippen LogP contribution in [0.3, 0.4) is 0 Å². The van der Waals surface area contributed by atoms with Crippen LogP contribution in [0.5, 0.6) is 0 Å². The normalized spacial score (nSPS) is 26.1. The highest BCUT2D eigenvalue weighted by molar-refractivity contribution is 5.53. The van der Waals surface area contributed by atoms with Crippen molar-refractivity contribution in [2.75, 3.05) is 18.0 Å². The van der Waals surface area contributed by atoms with Crippen molar-refractivity contribution in [1.82, 2.24) is 0 Å². The molecule has 1 aromatic rings. The summed E-state index contributed by atoms with van der Waals surface area (Å²) in [7, 11) is 0. The third-order valence-electron chi connectivity index (χ3n) is 4.66. The van der Waals surface area contributed by atoms with E-state index in [1.165, 1.54) is 31.4 Å². The Morgan fingerprint density at radius 2 is 1.80 bits per heavy atom. The summed E-state index contributed by atoms with van der Waals surface area (Å²) in [4.78, 5) is 2.06. The fourth-order valence-corrected chi connectivity index (χ4v) is 3.61. The molecule has 0 amide bonds. The van der Waals surface area contributed by atoms with Crippen LogP contribution in [0.4, 0.5) is 18.9 Å². The van der Waals surface area contributed by atoms with Crippen LogP contribution in [-0.2, 0) is 12.8 Å². The smallest absolute Gasteiger partial charge is 0.392 e. The summed E-state index contributed by atoms with van der Waals surface area (Å²) in [6.07, 6.45) is -0.770. The monoisotopic (exact) mass is 285 g/mol. The van der Waals surface area contributed by atoms with Crippen molar-refractivity contribution < 1.29 is 18.3 Å². The van der Waals surface area contributed by atoms with E-state index in [1.54, 1.807) is 6.07 Å². The molecule has 20 heavy (non-hydrogen) atoms. The molecule has 110 valence electrons. The zero-order valence-corrected chi connectivity index (χ0v) is 11.2. The quantitative estimate of drug-likeness (QED) is 0.900. The number of rotatable bonds is 2. The molecule has 2 atom stereocenters. The van der Waals surface area contributed by atoms with Crippen LogP contribution in [0, 0.1) is 11.8 Å². The number of nitrogens with zero attached hydrogens (tertiary/aromatic N) is 1. The van der Waals surface area contributed by atoms with Crippen LogP contribution >= 0.6 is 0 Å². The van der Waals surface area contributed by atoms with Gasteiger partial charge in [-0.25, -0.2) is 0 Å². The van der Waals surface area contributed by atoms with Gasteiger partial charge in [-0.15, -0.1) is 0 Å². The van der Waals surface area contributed by atoms with Crippen molar-refractivity contribution in [1.29, 1.82) is 0 Å². The fraction of sp³-hybridized carbons (Fsp3) is 0.600. The minimum Gasteiger partial charge on any atom is -0.392 e. The zero-order valence-electron chi connectivity index (χ0n) is 11.2. The lowest BCUT2D eigenvalue weighted by Crippen LogP contribution is -2.21. The van der Waals surface area contributed by atoms with Crippen molar-refractivity contribution in [2.45, 2.75) is 32.0 Å². The number of anilines is 1. The van der Waals surface area contributed by atoms with Crippen LogP contribution < -0.4 is 4.90 Å². The Balaban J connectivity index is 1.88. The molecule has 0 aromatic heterocycles. The first-order valence-corrected chi connectivity index (χ1v) is 7.05. The SMILES string of the molecule is OCc1ccc(N2CC3CCCC3C2)cc1C(F)(F)F. The first-order chi connectivity index (χ1) is 9.49. The standard InChI is InChI=1S/C15H18F3NO/c16-15(17,18)14-6-13(5-4-12(14)9-20)19-7-10-2-1-3-11(10)8-19/h4-6,10-11,20H,1-3,7-9H2. The molecule has 3 rings (SSSR count). The summed E-state index contributed by atoms with van der Waals surface area (Å²) < 4.78 is 39.0. The molecule has 1 aromatic carbocycles. The fourth-order valence-electron chi connectivity index (χ4n) is 3.61. The van der Waals surface area contributed by atoms with Gasteiger partial charge in [0.25, 0.3) is 0 Å². The molecule has 2 fully saturated rings. The average Bonchev–Trinajstić information content (AvgIpc) is 2.97. The number of aliphatic hydroxyl groups excluding tert-OH is 1. The summed E-state index contributed by atoms with van der Waals surface area (Å²) in [5.41, 5.74) is -0.140. The second-order valence-corrected chi connectivity index (χ2v) is 5.85. The molecule has 1 N–H and O–H groups in total. The second kappa shape index (κ2) is 4.95. The third-order valence-corrected chi connectivity index (χ3v) is 4.66. The first kappa shape index (κ1) is 13.7. The predicted octanol–water partition coefficient (Wildman–Crippen LogP) is 3.43. The number of benzene rings is 1. The maximum absolute atomic E-state index is 13.0. The Bertz CT molecular complexity index is 488. The number of hydrogen-bond acceptors (Lipinski definition) is 2.